The maximum atomic E-state index is 4.39. The lowest BCUT2D eigenvalue weighted by molar-refractivity contribution is 0.596. The maximum absolute atomic E-state index is 4.39. The Bertz CT molecular complexity index is 516. The molecule has 1 atom stereocenters. The number of nitrogens with one attached hydrogen (secondary N) is 1. The van der Waals surface area contributed by atoms with E-state index in [9.17, 15) is 0 Å². The third-order valence-electron chi connectivity index (χ3n) is 3.28. The van der Waals surface area contributed by atoms with Crippen LogP contribution >= 0.6 is 0 Å². The van der Waals surface area contributed by atoms with Crippen LogP contribution in [0, 0.1) is 6.92 Å². The first-order valence-electron chi connectivity index (χ1n) is 7.07. The molecule has 102 valence electrons. The van der Waals surface area contributed by atoms with Gasteiger partial charge in [-0.2, -0.15) is 5.10 Å². The number of aromatic nitrogens is 2. The molecule has 0 aliphatic carbocycles. The van der Waals surface area contributed by atoms with Crippen molar-refractivity contribution < 1.29 is 0 Å². The first-order valence-corrected chi connectivity index (χ1v) is 7.07. The van der Waals surface area contributed by atoms with E-state index in [1.54, 1.807) is 0 Å². The van der Waals surface area contributed by atoms with Crippen LogP contribution in [0.4, 0.5) is 0 Å². The quantitative estimate of drug-likeness (QED) is 0.860. The van der Waals surface area contributed by atoms with Crippen LogP contribution in [-0.4, -0.2) is 16.3 Å². The van der Waals surface area contributed by atoms with Crippen LogP contribution in [0.5, 0.6) is 0 Å². The molecule has 3 heteroatoms. The summed E-state index contributed by atoms with van der Waals surface area (Å²) in [6.07, 6.45) is 5.24. The molecular formula is C16H23N3. The van der Waals surface area contributed by atoms with Gasteiger partial charge >= 0.3 is 0 Å². The van der Waals surface area contributed by atoms with E-state index < -0.39 is 0 Å². The number of hydrogen-bond acceptors (Lipinski definition) is 2. The van der Waals surface area contributed by atoms with E-state index in [1.807, 2.05) is 10.9 Å². The minimum atomic E-state index is 0.236. The minimum Gasteiger partial charge on any atom is -0.306 e. The van der Waals surface area contributed by atoms with Gasteiger partial charge in [0.2, 0.25) is 0 Å². The summed E-state index contributed by atoms with van der Waals surface area (Å²) in [6.45, 7) is 8.35. The highest BCUT2D eigenvalue weighted by Gasteiger charge is 2.15. The van der Waals surface area contributed by atoms with Gasteiger partial charge in [-0.25, -0.2) is 0 Å². The van der Waals surface area contributed by atoms with Crippen molar-refractivity contribution in [2.24, 2.45) is 0 Å². The van der Waals surface area contributed by atoms with Crippen LogP contribution in [0.25, 0.3) is 0 Å². The van der Waals surface area contributed by atoms with Crippen molar-refractivity contribution in [3.05, 3.63) is 53.3 Å². The summed E-state index contributed by atoms with van der Waals surface area (Å²) in [4.78, 5) is 0. The van der Waals surface area contributed by atoms with Gasteiger partial charge < -0.3 is 5.32 Å². The van der Waals surface area contributed by atoms with Crippen molar-refractivity contribution in [1.29, 1.82) is 0 Å². The van der Waals surface area contributed by atoms with Crippen molar-refractivity contribution in [1.82, 2.24) is 15.1 Å². The fourth-order valence-electron chi connectivity index (χ4n) is 2.27. The molecule has 0 saturated heterocycles. The first kappa shape index (κ1) is 13.8. The first-order chi connectivity index (χ1) is 9.24. The SMILES string of the molecule is CCCNC(c1cccc(C)c1)c1cnn(CC)c1. The molecule has 1 aromatic heterocycles. The topological polar surface area (TPSA) is 29.9 Å². The molecule has 0 saturated carbocycles. The van der Waals surface area contributed by atoms with Crippen molar-refractivity contribution in [2.75, 3.05) is 6.54 Å². The molecule has 1 aromatic carbocycles. The zero-order valence-corrected chi connectivity index (χ0v) is 12.1. The average molecular weight is 257 g/mol. The van der Waals surface area contributed by atoms with Gasteiger partial charge in [-0.05, 0) is 32.4 Å². The van der Waals surface area contributed by atoms with E-state index in [0.717, 1.165) is 19.5 Å². The second-order valence-corrected chi connectivity index (χ2v) is 4.93. The average Bonchev–Trinajstić information content (AvgIpc) is 2.88. The largest absolute Gasteiger partial charge is 0.306 e. The highest BCUT2D eigenvalue weighted by atomic mass is 15.3. The Labute approximate surface area is 115 Å². The van der Waals surface area contributed by atoms with Gasteiger partial charge in [0.1, 0.15) is 0 Å². The van der Waals surface area contributed by atoms with Gasteiger partial charge in [0.05, 0.1) is 12.2 Å². The maximum Gasteiger partial charge on any atom is 0.0608 e. The number of rotatable bonds is 6. The Balaban J connectivity index is 2.29. The van der Waals surface area contributed by atoms with E-state index in [0.29, 0.717) is 0 Å². The lowest BCUT2D eigenvalue weighted by Crippen LogP contribution is -2.23. The van der Waals surface area contributed by atoms with Gasteiger partial charge in [-0.1, -0.05) is 36.8 Å². The molecule has 1 heterocycles. The van der Waals surface area contributed by atoms with Gasteiger partial charge in [-0.15, -0.1) is 0 Å². The number of nitrogens with zero attached hydrogens (tertiary/aromatic N) is 2. The summed E-state index contributed by atoms with van der Waals surface area (Å²) in [6, 6.07) is 8.92. The van der Waals surface area contributed by atoms with Crippen molar-refractivity contribution in [3.63, 3.8) is 0 Å². The Morgan fingerprint density at radius 1 is 1.26 bits per heavy atom. The molecule has 19 heavy (non-hydrogen) atoms. The van der Waals surface area contributed by atoms with Crippen LogP contribution in [-0.2, 0) is 6.54 Å². The Hall–Kier alpha value is -1.61. The van der Waals surface area contributed by atoms with Crippen molar-refractivity contribution in [3.8, 4) is 0 Å². The Morgan fingerprint density at radius 2 is 2.11 bits per heavy atom. The zero-order chi connectivity index (χ0) is 13.7. The molecule has 0 amide bonds. The molecule has 0 aliphatic heterocycles. The van der Waals surface area contributed by atoms with Crippen molar-refractivity contribution >= 4 is 0 Å². The molecule has 0 bridgehead atoms. The van der Waals surface area contributed by atoms with Crippen molar-refractivity contribution in [2.45, 2.75) is 39.8 Å². The Morgan fingerprint density at radius 3 is 2.74 bits per heavy atom. The molecule has 0 fully saturated rings. The van der Waals surface area contributed by atoms with Crippen LogP contribution < -0.4 is 5.32 Å². The number of aryl methyl sites for hydroxylation is 2. The van der Waals surface area contributed by atoms with Gasteiger partial charge in [0.25, 0.3) is 0 Å². The molecule has 2 aromatic rings. The minimum absolute atomic E-state index is 0.236. The van der Waals surface area contributed by atoms with E-state index in [-0.39, 0.29) is 6.04 Å². The second-order valence-electron chi connectivity index (χ2n) is 4.93. The van der Waals surface area contributed by atoms with E-state index in [4.69, 9.17) is 0 Å². The fraction of sp³-hybridized carbons (Fsp3) is 0.438. The third-order valence-corrected chi connectivity index (χ3v) is 3.28. The summed E-state index contributed by atoms with van der Waals surface area (Å²) in [5.41, 5.74) is 3.84. The predicted molar refractivity (Wildman–Crippen MR) is 79.2 cm³/mol. The molecular weight excluding hydrogens is 234 g/mol. The molecule has 0 spiro atoms. The molecule has 0 aliphatic rings. The third kappa shape index (κ3) is 3.44. The number of hydrogen-bond donors (Lipinski definition) is 1. The molecule has 3 nitrogen and oxygen atoms in total. The van der Waals surface area contributed by atoms with E-state index in [1.165, 1.54) is 16.7 Å². The zero-order valence-electron chi connectivity index (χ0n) is 12.1. The van der Waals surface area contributed by atoms with Gasteiger partial charge in [-0.3, -0.25) is 4.68 Å². The van der Waals surface area contributed by atoms with Crippen LogP contribution in [0.2, 0.25) is 0 Å². The fourth-order valence-corrected chi connectivity index (χ4v) is 2.27. The molecule has 2 rings (SSSR count). The van der Waals surface area contributed by atoms with E-state index >= 15 is 0 Å². The predicted octanol–water partition coefficient (Wildman–Crippen LogP) is 3.30. The summed E-state index contributed by atoms with van der Waals surface area (Å²) in [7, 11) is 0. The highest BCUT2D eigenvalue weighted by molar-refractivity contribution is 5.32. The monoisotopic (exact) mass is 257 g/mol. The summed E-state index contributed by atoms with van der Waals surface area (Å²) < 4.78 is 1.98. The second kappa shape index (κ2) is 6.53. The van der Waals surface area contributed by atoms with E-state index in [2.05, 4.69) is 61.6 Å². The van der Waals surface area contributed by atoms with Crippen LogP contribution in [0.1, 0.15) is 43.0 Å². The van der Waals surface area contributed by atoms with Gasteiger partial charge in [0, 0.05) is 18.3 Å². The summed E-state index contributed by atoms with van der Waals surface area (Å²) >= 11 is 0. The highest BCUT2D eigenvalue weighted by Crippen LogP contribution is 2.22. The summed E-state index contributed by atoms with van der Waals surface area (Å²) in [5, 5.41) is 8.00. The van der Waals surface area contributed by atoms with Crippen LogP contribution in [0.15, 0.2) is 36.7 Å². The molecule has 1 N–H and O–H groups in total. The lowest BCUT2D eigenvalue weighted by Gasteiger charge is -2.18. The molecule has 0 radical (unpaired) electrons. The standard InChI is InChI=1S/C16H23N3/c1-4-9-17-16(14-8-6-7-13(3)10-14)15-11-18-19(5-2)12-15/h6-8,10-12,16-17H,4-5,9H2,1-3H3. The Kier molecular flexibility index (Phi) is 4.74. The van der Waals surface area contributed by atoms with Crippen LogP contribution in [0.3, 0.4) is 0 Å². The normalized spacial score (nSPS) is 12.6. The summed E-state index contributed by atoms with van der Waals surface area (Å²) in [5.74, 6) is 0. The van der Waals surface area contributed by atoms with Gasteiger partial charge in [0.15, 0.2) is 0 Å². The lowest BCUT2D eigenvalue weighted by atomic mass is 10.00. The molecule has 1 unspecified atom stereocenters. The number of benzene rings is 1. The smallest absolute Gasteiger partial charge is 0.0608 e.